The normalized spacial score (nSPS) is 12.4. The van der Waals surface area contributed by atoms with Crippen LogP contribution >= 0.6 is 0 Å². The van der Waals surface area contributed by atoms with Crippen molar-refractivity contribution in [3.8, 4) is 23.1 Å². The highest BCUT2D eigenvalue weighted by Crippen LogP contribution is 2.27. The zero-order valence-electron chi connectivity index (χ0n) is 25.1. The van der Waals surface area contributed by atoms with E-state index in [9.17, 15) is 10.2 Å². The van der Waals surface area contributed by atoms with Crippen LogP contribution in [0.3, 0.4) is 0 Å². The van der Waals surface area contributed by atoms with Crippen LogP contribution < -0.4 is 19.9 Å². The molecule has 0 aliphatic carbocycles. The van der Waals surface area contributed by atoms with E-state index in [1.807, 2.05) is 97.1 Å². The van der Waals surface area contributed by atoms with Crippen LogP contribution in [0.1, 0.15) is 16.7 Å². The maximum Gasteiger partial charge on any atom is 0.219 e. The molecule has 2 atom stereocenters. The summed E-state index contributed by atoms with van der Waals surface area (Å²) in [7, 11) is 0. The first-order chi connectivity index (χ1) is 22.1. The molecule has 8 nitrogen and oxygen atoms in total. The molecule has 0 saturated carbocycles. The van der Waals surface area contributed by atoms with Crippen molar-refractivity contribution in [2.24, 2.45) is 0 Å². The zero-order chi connectivity index (χ0) is 31.3. The Hall–Kier alpha value is -4.89. The number of hydrogen-bond acceptors (Lipinski definition) is 8. The van der Waals surface area contributed by atoms with Gasteiger partial charge < -0.3 is 30.2 Å². The zero-order valence-corrected chi connectivity index (χ0v) is 25.1. The quantitative estimate of drug-likeness (QED) is 0.120. The Morgan fingerprint density at radius 2 is 1.42 bits per heavy atom. The second-order valence-corrected chi connectivity index (χ2v) is 10.8. The van der Waals surface area contributed by atoms with Gasteiger partial charge in [-0.3, -0.25) is 4.90 Å². The highest BCUT2D eigenvalue weighted by molar-refractivity contribution is 5.56. The summed E-state index contributed by atoms with van der Waals surface area (Å²) in [6.45, 7) is 1.26. The predicted octanol–water partition coefficient (Wildman–Crippen LogP) is 5.88. The van der Waals surface area contributed by atoms with E-state index < -0.39 is 6.10 Å². The number of pyridine rings is 1. The Kier molecular flexibility index (Phi) is 11.4. The highest BCUT2D eigenvalue weighted by atomic mass is 16.5. The van der Waals surface area contributed by atoms with E-state index in [0.29, 0.717) is 54.9 Å². The number of nitrogen functional groups attached to an aromatic ring is 1. The van der Waals surface area contributed by atoms with Crippen molar-refractivity contribution in [2.45, 2.75) is 31.7 Å². The molecule has 4 aromatic carbocycles. The van der Waals surface area contributed by atoms with Crippen LogP contribution in [0.4, 0.5) is 5.69 Å². The van der Waals surface area contributed by atoms with Gasteiger partial charge in [-0.1, -0.05) is 78.9 Å². The Labute approximate surface area is 264 Å². The number of nitrogens with zero attached hydrogens (tertiary/aromatic N) is 2. The summed E-state index contributed by atoms with van der Waals surface area (Å²) < 4.78 is 17.6. The summed E-state index contributed by atoms with van der Waals surface area (Å²) in [5, 5.41) is 21.5. The second kappa shape index (κ2) is 16.3. The predicted molar refractivity (Wildman–Crippen MR) is 175 cm³/mol. The number of nitrogens with two attached hydrogens (primary N) is 1. The van der Waals surface area contributed by atoms with Gasteiger partial charge in [0, 0.05) is 37.5 Å². The fourth-order valence-corrected chi connectivity index (χ4v) is 4.96. The van der Waals surface area contributed by atoms with Crippen molar-refractivity contribution in [3.05, 3.63) is 144 Å². The molecule has 0 aliphatic heterocycles. The molecule has 0 radical (unpaired) electrons. The van der Waals surface area contributed by atoms with Gasteiger partial charge in [0.25, 0.3) is 0 Å². The monoisotopic (exact) mass is 605 g/mol. The van der Waals surface area contributed by atoms with Gasteiger partial charge in [0.1, 0.15) is 36.6 Å². The number of rotatable bonds is 16. The first-order valence-corrected chi connectivity index (χ1v) is 15.0. The number of aliphatic hydroxyl groups excluding tert-OH is 2. The fourth-order valence-electron chi connectivity index (χ4n) is 4.96. The van der Waals surface area contributed by atoms with Gasteiger partial charge in [0.15, 0.2) is 0 Å². The minimum absolute atomic E-state index is 0.0622. The van der Waals surface area contributed by atoms with Crippen LogP contribution in [0.15, 0.2) is 128 Å². The van der Waals surface area contributed by atoms with Crippen molar-refractivity contribution in [1.29, 1.82) is 0 Å². The van der Waals surface area contributed by atoms with Crippen molar-refractivity contribution < 1.29 is 24.4 Å². The number of aliphatic hydroxyl groups is 2. The van der Waals surface area contributed by atoms with Crippen LogP contribution in [0.25, 0.3) is 0 Å². The summed E-state index contributed by atoms with van der Waals surface area (Å²) in [5.41, 5.74) is 9.85. The van der Waals surface area contributed by atoms with Crippen molar-refractivity contribution in [2.75, 3.05) is 25.5 Å². The van der Waals surface area contributed by atoms with Crippen molar-refractivity contribution in [1.82, 2.24) is 9.88 Å². The molecule has 232 valence electrons. The molecule has 0 fully saturated rings. The molecular formula is C37H39N3O5. The van der Waals surface area contributed by atoms with Gasteiger partial charge in [-0.25, -0.2) is 4.98 Å². The Morgan fingerprint density at radius 3 is 2.09 bits per heavy atom. The molecule has 1 aromatic heterocycles. The number of anilines is 1. The fraction of sp³-hybridized carbons (Fsp3) is 0.216. The number of aromatic nitrogens is 1. The van der Waals surface area contributed by atoms with E-state index in [1.165, 1.54) is 0 Å². The van der Waals surface area contributed by atoms with Gasteiger partial charge in [0.05, 0.1) is 12.3 Å². The minimum atomic E-state index is -0.813. The second-order valence-electron chi connectivity index (χ2n) is 10.8. The summed E-state index contributed by atoms with van der Waals surface area (Å²) >= 11 is 0. The molecule has 5 aromatic rings. The summed E-state index contributed by atoms with van der Waals surface area (Å²) in [6.07, 6.45) is 1.46. The van der Waals surface area contributed by atoms with Gasteiger partial charge in [-0.05, 0) is 53.4 Å². The van der Waals surface area contributed by atoms with Crippen LogP contribution in [0, 0.1) is 0 Å². The summed E-state index contributed by atoms with van der Waals surface area (Å²) in [4.78, 5) is 6.30. The van der Waals surface area contributed by atoms with Gasteiger partial charge in [-0.2, -0.15) is 0 Å². The lowest BCUT2D eigenvalue weighted by molar-refractivity contribution is 0.0335. The minimum Gasteiger partial charge on any atom is -0.491 e. The lowest BCUT2D eigenvalue weighted by Gasteiger charge is -2.32. The van der Waals surface area contributed by atoms with E-state index in [0.717, 1.165) is 16.7 Å². The standard InChI is InChI=1S/C37H39N3O5/c38-35-22-34(18-19-36(35)44-26-30-11-5-2-6-12-30)43-27-32(42)24-40(23-29-9-3-1-4-10-29)31(25-41)21-28-14-16-33(17-15-28)45-37-13-7-8-20-39-37/h1-20,22,31-32,41-42H,21,23-27,38H2/t31-,32-/m0/s1. The van der Waals surface area contributed by atoms with E-state index in [2.05, 4.69) is 9.88 Å². The van der Waals surface area contributed by atoms with E-state index in [-0.39, 0.29) is 19.3 Å². The Balaban J connectivity index is 1.19. The smallest absolute Gasteiger partial charge is 0.219 e. The molecule has 0 spiro atoms. The molecule has 8 heteroatoms. The SMILES string of the molecule is Nc1cc(OC[C@@H](O)CN(Cc2ccccc2)[C@H](CO)Cc2ccc(Oc3ccccn3)cc2)ccc1OCc1ccccc1. The molecule has 4 N–H and O–H groups in total. The Morgan fingerprint density at radius 1 is 0.733 bits per heavy atom. The maximum absolute atomic E-state index is 11.1. The molecule has 0 aliphatic rings. The van der Waals surface area contributed by atoms with E-state index >= 15 is 0 Å². The molecule has 45 heavy (non-hydrogen) atoms. The first-order valence-electron chi connectivity index (χ1n) is 15.0. The maximum atomic E-state index is 11.1. The van der Waals surface area contributed by atoms with Gasteiger partial charge in [0.2, 0.25) is 5.88 Å². The van der Waals surface area contributed by atoms with Crippen molar-refractivity contribution >= 4 is 5.69 Å². The van der Waals surface area contributed by atoms with Crippen molar-refractivity contribution in [3.63, 3.8) is 0 Å². The molecule has 0 amide bonds. The first kappa shape index (κ1) is 31.5. The molecule has 0 unspecified atom stereocenters. The van der Waals surface area contributed by atoms with Crippen LogP contribution in [-0.2, 0) is 19.6 Å². The third-order valence-electron chi connectivity index (χ3n) is 7.32. The van der Waals surface area contributed by atoms with Crippen LogP contribution in [0.2, 0.25) is 0 Å². The van der Waals surface area contributed by atoms with Crippen LogP contribution in [0.5, 0.6) is 23.1 Å². The molecule has 5 rings (SSSR count). The average molecular weight is 606 g/mol. The van der Waals surface area contributed by atoms with Gasteiger partial charge in [-0.15, -0.1) is 0 Å². The molecule has 0 saturated heterocycles. The highest BCUT2D eigenvalue weighted by Gasteiger charge is 2.22. The molecule has 1 heterocycles. The number of hydrogen-bond donors (Lipinski definition) is 3. The largest absolute Gasteiger partial charge is 0.491 e. The number of benzene rings is 4. The lowest BCUT2D eigenvalue weighted by atomic mass is 10.0. The van der Waals surface area contributed by atoms with Crippen LogP contribution in [-0.4, -0.2) is 52.0 Å². The summed E-state index contributed by atoms with van der Waals surface area (Å²) in [6, 6.07) is 38.2. The lowest BCUT2D eigenvalue weighted by Crippen LogP contribution is -2.44. The summed E-state index contributed by atoms with van der Waals surface area (Å²) in [5.74, 6) is 2.32. The third-order valence-corrected chi connectivity index (χ3v) is 7.32. The van der Waals surface area contributed by atoms with E-state index in [4.69, 9.17) is 19.9 Å². The molecule has 0 bridgehead atoms. The average Bonchev–Trinajstić information content (AvgIpc) is 3.08. The Bertz CT molecular complexity index is 1570. The third kappa shape index (κ3) is 9.81. The number of ether oxygens (including phenoxy) is 3. The molecular weight excluding hydrogens is 566 g/mol. The van der Waals surface area contributed by atoms with Gasteiger partial charge >= 0.3 is 0 Å². The topological polar surface area (TPSA) is 110 Å². The van der Waals surface area contributed by atoms with E-state index in [1.54, 1.807) is 30.5 Å².